The van der Waals surface area contributed by atoms with E-state index in [1.807, 2.05) is 18.2 Å². The number of anilines is 1. The summed E-state index contributed by atoms with van der Waals surface area (Å²) < 4.78 is 12.9. The van der Waals surface area contributed by atoms with Gasteiger partial charge in [0.1, 0.15) is 5.82 Å². The number of hydrogen-bond acceptors (Lipinski definition) is 2. The second kappa shape index (κ2) is 6.11. The van der Waals surface area contributed by atoms with E-state index >= 15 is 0 Å². The van der Waals surface area contributed by atoms with Crippen molar-refractivity contribution in [3.8, 4) is 0 Å². The minimum absolute atomic E-state index is 0.137. The predicted octanol–water partition coefficient (Wildman–Crippen LogP) is 2.46. The van der Waals surface area contributed by atoms with E-state index in [2.05, 4.69) is 0 Å². The van der Waals surface area contributed by atoms with Crippen molar-refractivity contribution in [2.45, 2.75) is 0 Å². The number of aliphatic hydroxyl groups is 1. The van der Waals surface area contributed by atoms with Crippen molar-refractivity contribution in [3.63, 3.8) is 0 Å². The van der Waals surface area contributed by atoms with E-state index in [0.29, 0.717) is 11.3 Å². The van der Waals surface area contributed by atoms with Gasteiger partial charge in [-0.2, -0.15) is 0 Å². The Balaban J connectivity index is 2.29. The van der Waals surface area contributed by atoms with Gasteiger partial charge < -0.3 is 10.0 Å². The molecule has 0 unspecified atom stereocenters. The van der Waals surface area contributed by atoms with Crippen LogP contribution >= 0.6 is 0 Å². The summed E-state index contributed by atoms with van der Waals surface area (Å²) >= 11 is 0. The number of para-hydroxylation sites is 1. The molecule has 0 radical (unpaired) electrons. The molecule has 1 amide bonds. The van der Waals surface area contributed by atoms with Crippen molar-refractivity contribution < 1.29 is 14.3 Å². The first-order valence-electron chi connectivity index (χ1n) is 5.95. The van der Waals surface area contributed by atoms with Gasteiger partial charge in [0.05, 0.1) is 6.61 Å². The van der Waals surface area contributed by atoms with Crippen LogP contribution in [0.4, 0.5) is 10.1 Å². The standard InChI is InChI=1S/C15H14FNO2/c16-13-8-6-12(7-9-13)15(19)17(10-11-18)14-4-2-1-3-5-14/h1-9,18H,10-11H2. The van der Waals surface area contributed by atoms with Gasteiger partial charge in [-0.25, -0.2) is 4.39 Å². The van der Waals surface area contributed by atoms with Gasteiger partial charge in [-0.1, -0.05) is 18.2 Å². The van der Waals surface area contributed by atoms with Gasteiger partial charge in [-0.15, -0.1) is 0 Å². The maximum Gasteiger partial charge on any atom is 0.258 e. The summed E-state index contributed by atoms with van der Waals surface area (Å²) in [5, 5.41) is 9.08. The second-order valence-electron chi connectivity index (χ2n) is 4.02. The lowest BCUT2D eigenvalue weighted by molar-refractivity contribution is 0.0981. The average molecular weight is 259 g/mol. The van der Waals surface area contributed by atoms with E-state index in [-0.39, 0.29) is 24.9 Å². The lowest BCUT2D eigenvalue weighted by atomic mass is 10.1. The molecule has 0 aliphatic carbocycles. The number of amides is 1. The Morgan fingerprint density at radius 3 is 2.26 bits per heavy atom. The Hall–Kier alpha value is -2.20. The first-order valence-corrected chi connectivity index (χ1v) is 5.95. The lowest BCUT2D eigenvalue weighted by Crippen LogP contribution is -2.33. The normalized spacial score (nSPS) is 10.2. The zero-order valence-corrected chi connectivity index (χ0v) is 10.3. The topological polar surface area (TPSA) is 40.5 Å². The summed E-state index contributed by atoms with van der Waals surface area (Å²) in [7, 11) is 0. The van der Waals surface area contributed by atoms with Gasteiger partial charge in [-0.3, -0.25) is 4.79 Å². The molecule has 1 N–H and O–H groups in total. The van der Waals surface area contributed by atoms with Crippen LogP contribution in [0.5, 0.6) is 0 Å². The second-order valence-corrected chi connectivity index (χ2v) is 4.02. The molecule has 0 spiro atoms. The monoisotopic (exact) mass is 259 g/mol. The molecule has 0 aliphatic heterocycles. The van der Waals surface area contributed by atoms with Crippen LogP contribution in [0, 0.1) is 5.82 Å². The first-order chi connectivity index (χ1) is 9.22. The average Bonchev–Trinajstić information content (AvgIpc) is 2.46. The number of halogens is 1. The van der Waals surface area contributed by atoms with Crippen LogP contribution in [0.15, 0.2) is 54.6 Å². The number of carbonyl (C=O) groups is 1. The van der Waals surface area contributed by atoms with Crippen molar-refractivity contribution >= 4 is 11.6 Å². The van der Waals surface area contributed by atoms with E-state index in [1.165, 1.54) is 29.2 Å². The van der Waals surface area contributed by atoms with E-state index in [4.69, 9.17) is 5.11 Å². The molecule has 19 heavy (non-hydrogen) atoms. The lowest BCUT2D eigenvalue weighted by Gasteiger charge is -2.21. The van der Waals surface area contributed by atoms with Crippen molar-refractivity contribution in [1.82, 2.24) is 0 Å². The molecule has 0 bridgehead atoms. The van der Waals surface area contributed by atoms with Crippen LogP contribution in [0.1, 0.15) is 10.4 Å². The Morgan fingerprint density at radius 1 is 1.05 bits per heavy atom. The molecule has 98 valence electrons. The third-order valence-corrected chi connectivity index (χ3v) is 2.73. The van der Waals surface area contributed by atoms with Crippen molar-refractivity contribution in [1.29, 1.82) is 0 Å². The Morgan fingerprint density at radius 2 is 1.68 bits per heavy atom. The van der Waals surface area contributed by atoms with Crippen molar-refractivity contribution in [2.75, 3.05) is 18.1 Å². The van der Waals surface area contributed by atoms with Crippen LogP contribution in [0.2, 0.25) is 0 Å². The molecule has 0 heterocycles. The number of nitrogens with zero attached hydrogens (tertiary/aromatic N) is 1. The number of benzene rings is 2. The SMILES string of the molecule is O=C(c1ccc(F)cc1)N(CCO)c1ccccc1. The van der Waals surface area contributed by atoms with Gasteiger partial charge in [0.15, 0.2) is 0 Å². The van der Waals surface area contributed by atoms with Crippen molar-refractivity contribution in [2.24, 2.45) is 0 Å². The van der Waals surface area contributed by atoms with Crippen LogP contribution in [-0.4, -0.2) is 24.2 Å². The molecule has 0 saturated heterocycles. The smallest absolute Gasteiger partial charge is 0.258 e. The predicted molar refractivity (Wildman–Crippen MR) is 71.6 cm³/mol. The fourth-order valence-electron chi connectivity index (χ4n) is 1.80. The maximum atomic E-state index is 12.9. The number of hydrogen-bond donors (Lipinski definition) is 1. The molecule has 2 aromatic rings. The molecule has 2 aromatic carbocycles. The highest BCUT2D eigenvalue weighted by atomic mass is 19.1. The highest BCUT2D eigenvalue weighted by Crippen LogP contribution is 2.16. The number of aliphatic hydroxyl groups excluding tert-OH is 1. The van der Waals surface area contributed by atoms with E-state index in [9.17, 15) is 9.18 Å². The minimum atomic E-state index is -0.384. The summed E-state index contributed by atoms with van der Waals surface area (Å²) in [6.07, 6.45) is 0. The zero-order chi connectivity index (χ0) is 13.7. The Bertz CT molecular complexity index is 540. The van der Waals surface area contributed by atoms with Crippen LogP contribution in [0.3, 0.4) is 0 Å². The van der Waals surface area contributed by atoms with Gasteiger partial charge in [-0.05, 0) is 36.4 Å². The highest BCUT2D eigenvalue weighted by molar-refractivity contribution is 6.06. The Labute approximate surface area is 110 Å². The summed E-state index contributed by atoms with van der Waals surface area (Å²) in [4.78, 5) is 13.8. The fourth-order valence-corrected chi connectivity index (χ4v) is 1.80. The van der Waals surface area contributed by atoms with Gasteiger partial charge in [0.25, 0.3) is 5.91 Å². The maximum absolute atomic E-state index is 12.9. The zero-order valence-electron chi connectivity index (χ0n) is 10.3. The summed E-state index contributed by atoms with van der Waals surface area (Å²) in [5.41, 5.74) is 1.09. The third kappa shape index (κ3) is 3.17. The quantitative estimate of drug-likeness (QED) is 0.916. The molecule has 0 aliphatic rings. The molecule has 3 nitrogen and oxygen atoms in total. The highest BCUT2D eigenvalue weighted by Gasteiger charge is 2.16. The van der Waals surface area contributed by atoms with Gasteiger partial charge >= 0.3 is 0 Å². The molecule has 0 atom stereocenters. The van der Waals surface area contributed by atoms with Crippen LogP contribution in [-0.2, 0) is 0 Å². The minimum Gasteiger partial charge on any atom is -0.395 e. The largest absolute Gasteiger partial charge is 0.395 e. The Kier molecular flexibility index (Phi) is 4.26. The van der Waals surface area contributed by atoms with E-state index in [1.54, 1.807) is 12.1 Å². The van der Waals surface area contributed by atoms with Crippen LogP contribution < -0.4 is 4.90 Å². The fraction of sp³-hybridized carbons (Fsp3) is 0.133. The summed E-state index contributed by atoms with van der Waals surface area (Å²) in [6.45, 7) is 0.0576. The molecular weight excluding hydrogens is 245 g/mol. The van der Waals surface area contributed by atoms with Gasteiger partial charge in [0, 0.05) is 17.8 Å². The molecule has 2 rings (SSSR count). The van der Waals surface area contributed by atoms with Crippen LogP contribution in [0.25, 0.3) is 0 Å². The first kappa shape index (κ1) is 13.2. The van der Waals surface area contributed by atoms with E-state index < -0.39 is 0 Å². The molecule has 0 aromatic heterocycles. The number of rotatable bonds is 4. The summed E-state index contributed by atoms with van der Waals surface area (Å²) in [6, 6.07) is 14.4. The molecule has 4 heteroatoms. The van der Waals surface area contributed by atoms with Gasteiger partial charge in [0.2, 0.25) is 0 Å². The molecular formula is C15H14FNO2. The summed E-state index contributed by atoms with van der Waals surface area (Å²) in [5.74, 6) is -0.648. The van der Waals surface area contributed by atoms with E-state index in [0.717, 1.165) is 0 Å². The number of carbonyl (C=O) groups excluding carboxylic acids is 1. The van der Waals surface area contributed by atoms with Crippen molar-refractivity contribution in [3.05, 3.63) is 66.0 Å². The third-order valence-electron chi connectivity index (χ3n) is 2.73. The molecule has 0 saturated carbocycles. The molecule has 0 fully saturated rings.